The molecule has 0 aliphatic rings. The summed E-state index contributed by atoms with van der Waals surface area (Å²) >= 11 is 5.87. The summed E-state index contributed by atoms with van der Waals surface area (Å²) in [6.45, 7) is -0.332. The Hall–Kier alpha value is -3.65. The monoisotopic (exact) mass is 423 g/mol. The van der Waals surface area contributed by atoms with Crippen LogP contribution in [0.2, 0.25) is 5.02 Å². The second kappa shape index (κ2) is 7.76. The smallest absolute Gasteiger partial charge is 0.425 e. The first-order valence-corrected chi connectivity index (χ1v) is 8.16. The Morgan fingerprint density at radius 3 is 2.59 bits per heavy atom. The second-order valence-electron chi connectivity index (χ2n) is 5.65. The number of alkyl halides is 3. The quantitative estimate of drug-likeness (QED) is 0.690. The Balaban J connectivity index is 2.11. The number of hydrogen-bond acceptors (Lipinski definition) is 6. The van der Waals surface area contributed by atoms with Gasteiger partial charge in [0.05, 0.1) is 23.9 Å². The molecule has 148 valence electrons. The van der Waals surface area contributed by atoms with Crippen LogP contribution >= 0.6 is 11.6 Å². The van der Waals surface area contributed by atoms with Gasteiger partial charge in [-0.1, -0.05) is 11.6 Å². The average molecular weight is 424 g/mol. The molecule has 3 rings (SSSR count). The first kappa shape index (κ1) is 20.1. The van der Waals surface area contributed by atoms with Crippen molar-refractivity contribution in [2.24, 2.45) is 0 Å². The van der Waals surface area contributed by atoms with E-state index < -0.39 is 29.0 Å². The average Bonchev–Trinajstić information content (AvgIpc) is 2.64. The summed E-state index contributed by atoms with van der Waals surface area (Å²) in [6.07, 6.45) is -4.89. The number of benzene rings is 1. The van der Waals surface area contributed by atoms with E-state index in [2.05, 4.69) is 15.2 Å². The van der Waals surface area contributed by atoms with Crippen LogP contribution in [0.25, 0.3) is 0 Å². The minimum atomic E-state index is -4.89. The van der Waals surface area contributed by atoms with Gasteiger partial charge in [0.1, 0.15) is 5.75 Å². The van der Waals surface area contributed by atoms with E-state index >= 15 is 0 Å². The van der Waals surface area contributed by atoms with Gasteiger partial charge in [-0.15, -0.1) is 0 Å². The van der Waals surface area contributed by atoms with E-state index in [1.54, 1.807) is 0 Å². The number of nitrogens with one attached hydrogen (secondary N) is 1. The van der Waals surface area contributed by atoms with E-state index in [1.165, 1.54) is 24.3 Å². The molecule has 0 aliphatic carbocycles. The van der Waals surface area contributed by atoms with Crippen LogP contribution in [0.5, 0.6) is 11.8 Å². The Bertz CT molecular complexity index is 1210. The van der Waals surface area contributed by atoms with Crippen molar-refractivity contribution in [1.82, 2.24) is 19.7 Å². The fourth-order valence-corrected chi connectivity index (χ4v) is 2.49. The van der Waals surface area contributed by atoms with Gasteiger partial charge < -0.3 is 4.74 Å². The van der Waals surface area contributed by atoms with E-state index in [-0.39, 0.29) is 28.6 Å². The second-order valence-corrected chi connectivity index (χ2v) is 6.08. The standard InChI is InChI=1S/C17H9ClF3N5O3/c18-10-3-9(7-22)4-12(5-10)29-16-23-13(17(19,20)21)6-15(28)26(16)8-11-1-2-14(27)25-24-11/h1-6H,8H2,(H,25,27). The number of halogens is 4. The maximum absolute atomic E-state index is 13.1. The Morgan fingerprint density at radius 1 is 1.21 bits per heavy atom. The SMILES string of the molecule is N#Cc1cc(Cl)cc(Oc2nc(C(F)(F)F)cc(=O)n2Cc2ccc(=O)[nH]n2)c1. The maximum atomic E-state index is 13.1. The van der Waals surface area contributed by atoms with Crippen molar-refractivity contribution in [1.29, 1.82) is 5.26 Å². The molecule has 0 atom stereocenters. The van der Waals surface area contributed by atoms with E-state index in [0.29, 0.717) is 6.07 Å². The summed E-state index contributed by atoms with van der Waals surface area (Å²) in [7, 11) is 0. The molecule has 12 heteroatoms. The number of nitriles is 1. The highest BCUT2D eigenvalue weighted by Crippen LogP contribution is 2.30. The van der Waals surface area contributed by atoms with Gasteiger partial charge in [0.25, 0.3) is 11.1 Å². The van der Waals surface area contributed by atoms with E-state index in [1.807, 2.05) is 6.07 Å². The van der Waals surface area contributed by atoms with Gasteiger partial charge in [-0.2, -0.15) is 28.5 Å². The van der Waals surface area contributed by atoms with Gasteiger partial charge in [-0.25, -0.2) is 5.10 Å². The van der Waals surface area contributed by atoms with Crippen LogP contribution < -0.4 is 15.9 Å². The molecule has 0 saturated heterocycles. The molecule has 2 aromatic heterocycles. The van der Waals surface area contributed by atoms with E-state index in [9.17, 15) is 22.8 Å². The summed E-state index contributed by atoms with van der Waals surface area (Å²) < 4.78 is 45.4. The van der Waals surface area contributed by atoms with Crippen LogP contribution in [0.1, 0.15) is 17.0 Å². The molecular formula is C17H9ClF3N5O3. The molecule has 1 aromatic carbocycles. The lowest BCUT2D eigenvalue weighted by molar-refractivity contribution is -0.141. The molecule has 0 saturated carbocycles. The van der Waals surface area contributed by atoms with Gasteiger partial charge in [-0.05, 0) is 24.3 Å². The number of aromatic amines is 1. The van der Waals surface area contributed by atoms with Crippen LogP contribution in [0, 0.1) is 11.3 Å². The van der Waals surface area contributed by atoms with Crippen molar-refractivity contribution >= 4 is 11.6 Å². The fourth-order valence-electron chi connectivity index (χ4n) is 2.27. The topological polar surface area (TPSA) is 114 Å². The number of H-pyrrole nitrogens is 1. The highest BCUT2D eigenvalue weighted by molar-refractivity contribution is 6.30. The van der Waals surface area contributed by atoms with Crippen molar-refractivity contribution in [2.75, 3.05) is 0 Å². The lowest BCUT2D eigenvalue weighted by atomic mass is 10.2. The molecule has 0 radical (unpaired) electrons. The van der Waals surface area contributed by atoms with Crippen molar-refractivity contribution in [3.05, 3.63) is 79.1 Å². The predicted molar refractivity (Wildman–Crippen MR) is 93.7 cm³/mol. The first-order valence-electron chi connectivity index (χ1n) is 7.78. The molecule has 0 bridgehead atoms. The Kier molecular flexibility index (Phi) is 5.38. The molecule has 2 heterocycles. The van der Waals surface area contributed by atoms with E-state index in [4.69, 9.17) is 21.6 Å². The summed E-state index contributed by atoms with van der Waals surface area (Å²) in [4.78, 5) is 26.8. The van der Waals surface area contributed by atoms with Gasteiger partial charge in [0.15, 0.2) is 5.69 Å². The van der Waals surface area contributed by atoms with Crippen LogP contribution in [0.15, 0.2) is 46.0 Å². The predicted octanol–water partition coefficient (Wildman–Crippen LogP) is 2.71. The minimum Gasteiger partial charge on any atom is -0.425 e. The fraction of sp³-hybridized carbons (Fsp3) is 0.118. The third-order valence-corrected chi connectivity index (χ3v) is 3.75. The molecule has 3 aromatic rings. The van der Waals surface area contributed by atoms with Gasteiger partial charge in [0, 0.05) is 17.2 Å². The highest BCUT2D eigenvalue weighted by Gasteiger charge is 2.34. The Labute approximate surface area is 164 Å². The first-order chi connectivity index (χ1) is 13.7. The third kappa shape index (κ3) is 4.80. The molecular weight excluding hydrogens is 415 g/mol. The normalized spacial score (nSPS) is 11.1. The van der Waals surface area contributed by atoms with Crippen LogP contribution in [-0.4, -0.2) is 19.7 Å². The largest absolute Gasteiger partial charge is 0.433 e. The summed E-state index contributed by atoms with van der Waals surface area (Å²) in [6, 6.07) is 7.68. The number of nitrogens with zero attached hydrogens (tertiary/aromatic N) is 4. The zero-order valence-electron chi connectivity index (χ0n) is 14.2. The zero-order chi connectivity index (χ0) is 21.2. The number of hydrogen-bond donors (Lipinski definition) is 1. The highest BCUT2D eigenvalue weighted by atomic mass is 35.5. The summed E-state index contributed by atoms with van der Waals surface area (Å²) in [5.74, 6) is -0.0940. The van der Waals surface area contributed by atoms with Crippen molar-refractivity contribution in [3.8, 4) is 17.8 Å². The van der Waals surface area contributed by atoms with Gasteiger partial charge >= 0.3 is 12.2 Å². The molecule has 0 unspecified atom stereocenters. The van der Waals surface area contributed by atoms with Gasteiger partial charge in [-0.3, -0.25) is 14.2 Å². The molecule has 0 amide bonds. The van der Waals surface area contributed by atoms with Crippen molar-refractivity contribution < 1.29 is 17.9 Å². The van der Waals surface area contributed by atoms with Gasteiger partial charge in [0.2, 0.25) is 0 Å². The van der Waals surface area contributed by atoms with Crippen LogP contribution in [0.3, 0.4) is 0 Å². The lowest BCUT2D eigenvalue weighted by Crippen LogP contribution is -2.26. The number of rotatable bonds is 4. The molecule has 0 spiro atoms. The molecule has 8 nitrogen and oxygen atoms in total. The lowest BCUT2D eigenvalue weighted by Gasteiger charge is -2.15. The zero-order valence-corrected chi connectivity index (χ0v) is 15.0. The molecule has 1 N–H and O–H groups in total. The summed E-state index contributed by atoms with van der Waals surface area (Å²) in [5.41, 5.74) is -2.74. The number of ether oxygens (including phenoxy) is 1. The number of aromatic nitrogens is 4. The third-order valence-electron chi connectivity index (χ3n) is 3.53. The maximum Gasteiger partial charge on any atom is 0.433 e. The van der Waals surface area contributed by atoms with Crippen LogP contribution in [-0.2, 0) is 12.7 Å². The van der Waals surface area contributed by atoms with Crippen LogP contribution in [0.4, 0.5) is 13.2 Å². The van der Waals surface area contributed by atoms with Crippen molar-refractivity contribution in [3.63, 3.8) is 0 Å². The Morgan fingerprint density at radius 2 is 1.97 bits per heavy atom. The minimum absolute atomic E-state index is 0.0932. The van der Waals surface area contributed by atoms with Crippen molar-refractivity contribution in [2.45, 2.75) is 12.7 Å². The molecule has 0 fully saturated rings. The van der Waals surface area contributed by atoms with E-state index in [0.717, 1.165) is 10.6 Å². The molecule has 29 heavy (non-hydrogen) atoms. The summed E-state index contributed by atoms with van der Waals surface area (Å²) in [5, 5.41) is 15.0. The molecule has 0 aliphatic heterocycles.